The third kappa shape index (κ3) is 2.76. The Bertz CT molecular complexity index is 788. The van der Waals surface area contributed by atoms with Gasteiger partial charge in [-0.2, -0.15) is 0 Å². The molecule has 1 aromatic carbocycles. The van der Waals surface area contributed by atoms with Crippen molar-refractivity contribution in [3.63, 3.8) is 0 Å². The molecule has 3 rings (SSSR count). The number of anilines is 1. The van der Waals surface area contributed by atoms with Gasteiger partial charge in [0.25, 0.3) is 0 Å². The van der Waals surface area contributed by atoms with E-state index in [-0.39, 0.29) is 12.2 Å². The first-order chi connectivity index (χ1) is 10.7. The van der Waals surface area contributed by atoms with E-state index < -0.39 is 6.04 Å². The number of para-hydroxylation sites is 1. The van der Waals surface area contributed by atoms with Gasteiger partial charge in [-0.15, -0.1) is 0 Å². The summed E-state index contributed by atoms with van der Waals surface area (Å²) in [6.45, 7) is 0. The van der Waals surface area contributed by atoms with Crippen molar-refractivity contribution in [1.82, 2.24) is 4.98 Å². The second-order valence-electron chi connectivity index (χ2n) is 5.34. The summed E-state index contributed by atoms with van der Waals surface area (Å²) in [5, 5.41) is 4.04. The smallest absolute Gasteiger partial charge is 0.196 e. The number of rotatable bonds is 6. The predicted molar refractivity (Wildman–Crippen MR) is 86.9 cm³/mol. The molecule has 5 heteroatoms. The summed E-state index contributed by atoms with van der Waals surface area (Å²) >= 11 is 0. The number of aromatic amines is 1. The van der Waals surface area contributed by atoms with Crippen molar-refractivity contribution in [2.75, 3.05) is 12.4 Å². The normalized spacial score (nSPS) is 12.5. The van der Waals surface area contributed by atoms with Gasteiger partial charge in [0.2, 0.25) is 0 Å². The molecule has 0 bridgehead atoms. The molecule has 0 aliphatic carbocycles. The summed E-state index contributed by atoms with van der Waals surface area (Å²) in [5.74, 6) is 0.621. The Hall–Kier alpha value is -2.53. The number of H-pyrrole nitrogens is 1. The lowest BCUT2D eigenvalue weighted by Gasteiger charge is -2.10. The fourth-order valence-corrected chi connectivity index (χ4v) is 2.66. The zero-order chi connectivity index (χ0) is 15.5. The number of ketones is 1. The lowest BCUT2D eigenvalue weighted by molar-refractivity contribution is -0.119. The molecule has 2 aromatic heterocycles. The van der Waals surface area contributed by atoms with Gasteiger partial charge >= 0.3 is 0 Å². The van der Waals surface area contributed by atoms with E-state index in [4.69, 9.17) is 10.2 Å². The Labute approximate surface area is 128 Å². The topological polar surface area (TPSA) is 84.1 Å². The molecule has 0 aliphatic heterocycles. The first-order valence-electron chi connectivity index (χ1n) is 7.26. The quantitative estimate of drug-likeness (QED) is 0.652. The van der Waals surface area contributed by atoms with Crippen LogP contribution in [0.1, 0.15) is 11.1 Å². The Kier molecular flexibility index (Phi) is 3.98. The van der Waals surface area contributed by atoms with E-state index in [9.17, 15) is 4.79 Å². The van der Waals surface area contributed by atoms with Crippen molar-refractivity contribution in [2.45, 2.75) is 18.9 Å². The maximum atomic E-state index is 12.3. The van der Waals surface area contributed by atoms with Gasteiger partial charge in [-0.1, -0.05) is 18.2 Å². The number of carbonyl (C=O) groups excluding carboxylic acids is 1. The molecule has 1 atom stereocenters. The van der Waals surface area contributed by atoms with E-state index in [1.807, 2.05) is 30.5 Å². The van der Waals surface area contributed by atoms with Gasteiger partial charge in [0.15, 0.2) is 11.7 Å². The molecule has 0 unspecified atom stereocenters. The van der Waals surface area contributed by atoms with Crippen LogP contribution in [-0.4, -0.2) is 23.9 Å². The van der Waals surface area contributed by atoms with Crippen molar-refractivity contribution in [3.8, 4) is 0 Å². The van der Waals surface area contributed by atoms with Crippen molar-refractivity contribution in [3.05, 3.63) is 53.9 Å². The Morgan fingerprint density at radius 1 is 1.32 bits per heavy atom. The van der Waals surface area contributed by atoms with E-state index in [0.717, 1.165) is 22.0 Å². The third-order valence-corrected chi connectivity index (χ3v) is 3.87. The molecular weight excluding hydrogens is 278 g/mol. The van der Waals surface area contributed by atoms with E-state index >= 15 is 0 Å². The largest absolute Gasteiger partial charge is 0.449 e. The molecule has 0 amide bonds. The highest BCUT2D eigenvalue weighted by molar-refractivity contribution is 5.89. The Morgan fingerprint density at radius 2 is 2.14 bits per heavy atom. The zero-order valence-electron chi connectivity index (χ0n) is 12.4. The molecule has 5 nitrogen and oxygen atoms in total. The number of aromatic nitrogens is 1. The molecule has 4 N–H and O–H groups in total. The number of nitrogens with one attached hydrogen (secondary N) is 2. The number of hydrogen-bond donors (Lipinski definition) is 3. The van der Waals surface area contributed by atoms with Gasteiger partial charge in [0.05, 0.1) is 12.3 Å². The maximum absolute atomic E-state index is 12.3. The molecule has 114 valence electrons. The highest BCUT2D eigenvalue weighted by Gasteiger charge is 2.18. The van der Waals surface area contributed by atoms with E-state index in [1.165, 1.54) is 0 Å². The van der Waals surface area contributed by atoms with Crippen LogP contribution in [0.4, 0.5) is 5.88 Å². The first kappa shape index (κ1) is 14.4. The molecule has 3 aromatic rings. The van der Waals surface area contributed by atoms with Crippen molar-refractivity contribution in [1.29, 1.82) is 0 Å². The van der Waals surface area contributed by atoms with Crippen LogP contribution in [0.2, 0.25) is 0 Å². The summed E-state index contributed by atoms with van der Waals surface area (Å²) in [4.78, 5) is 15.5. The predicted octanol–water partition coefficient (Wildman–Crippen LogP) is 2.48. The lowest BCUT2D eigenvalue weighted by atomic mass is 9.99. The molecule has 0 aliphatic rings. The molecule has 2 heterocycles. The highest BCUT2D eigenvalue weighted by atomic mass is 16.3. The monoisotopic (exact) mass is 297 g/mol. The SMILES string of the molecule is CNc1occc1CC(=O)[C@@H](N)Cc1c[nH]c2ccccc12. The van der Waals surface area contributed by atoms with Gasteiger partial charge < -0.3 is 20.5 Å². The number of Topliss-reactive ketones (excluding diaryl/α,β-unsaturated/α-hetero) is 1. The standard InChI is InChI=1S/C17H19N3O2/c1-19-17-11(6-7-22-17)9-16(21)14(18)8-12-10-20-15-5-3-2-4-13(12)15/h2-7,10,14,19-20H,8-9,18H2,1H3/t14-/m0/s1. The Morgan fingerprint density at radius 3 is 2.95 bits per heavy atom. The van der Waals surface area contributed by atoms with Crippen LogP contribution in [0.3, 0.4) is 0 Å². The molecule has 0 radical (unpaired) electrons. The van der Waals surface area contributed by atoms with Crippen LogP contribution in [0, 0.1) is 0 Å². The second kappa shape index (κ2) is 6.07. The van der Waals surface area contributed by atoms with Crippen molar-refractivity contribution < 1.29 is 9.21 Å². The first-order valence-corrected chi connectivity index (χ1v) is 7.26. The fourth-order valence-electron chi connectivity index (χ4n) is 2.66. The van der Waals surface area contributed by atoms with Gasteiger partial charge in [-0.3, -0.25) is 4.79 Å². The highest BCUT2D eigenvalue weighted by Crippen LogP contribution is 2.20. The lowest BCUT2D eigenvalue weighted by Crippen LogP contribution is -2.33. The van der Waals surface area contributed by atoms with E-state index in [0.29, 0.717) is 12.3 Å². The van der Waals surface area contributed by atoms with E-state index in [1.54, 1.807) is 19.4 Å². The van der Waals surface area contributed by atoms with Gasteiger partial charge in [0, 0.05) is 36.1 Å². The van der Waals surface area contributed by atoms with Crippen LogP contribution < -0.4 is 11.1 Å². The van der Waals surface area contributed by atoms with Crippen LogP contribution in [0.5, 0.6) is 0 Å². The maximum Gasteiger partial charge on any atom is 0.196 e. The fraction of sp³-hybridized carbons (Fsp3) is 0.235. The van der Waals surface area contributed by atoms with Gasteiger partial charge in [-0.05, 0) is 24.1 Å². The molecule has 0 saturated heterocycles. The number of furan rings is 1. The summed E-state index contributed by atoms with van der Waals surface area (Å²) in [7, 11) is 1.76. The molecule has 0 spiro atoms. The summed E-state index contributed by atoms with van der Waals surface area (Å²) in [6, 6.07) is 9.27. The molecular formula is C17H19N3O2. The Balaban J connectivity index is 1.71. The average Bonchev–Trinajstić information content (AvgIpc) is 3.14. The number of nitrogens with two attached hydrogens (primary N) is 1. The third-order valence-electron chi connectivity index (χ3n) is 3.87. The van der Waals surface area contributed by atoms with Gasteiger partial charge in [-0.25, -0.2) is 0 Å². The van der Waals surface area contributed by atoms with Crippen LogP contribution >= 0.6 is 0 Å². The van der Waals surface area contributed by atoms with Crippen molar-refractivity contribution >= 4 is 22.6 Å². The minimum Gasteiger partial charge on any atom is -0.449 e. The zero-order valence-corrected chi connectivity index (χ0v) is 12.4. The van der Waals surface area contributed by atoms with E-state index in [2.05, 4.69) is 10.3 Å². The summed E-state index contributed by atoms with van der Waals surface area (Å²) < 4.78 is 5.25. The van der Waals surface area contributed by atoms with Crippen LogP contribution in [0.25, 0.3) is 10.9 Å². The number of fused-ring (bicyclic) bond motifs is 1. The average molecular weight is 297 g/mol. The number of carbonyl (C=O) groups is 1. The van der Waals surface area contributed by atoms with Crippen LogP contribution in [0.15, 0.2) is 47.2 Å². The molecule has 0 saturated carbocycles. The van der Waals surface area contributed by atoms with Crippen LogP contribution in [-0.2, 0) is 17.6 Å². The molecule has 22 heavy (non-hydrogen) atoms. The van der Waals surface area contributed by atoms with Gasteiger partial charge in [0.1, 0.15) is 0 Å². The summed E-state index contributed by atoms with van der Waals surface area (Å²) in [6.07, 6.45) is 4.29. The summed E-state index contributed by atoms with van der Waals surface area (Å²) in [5.41, 5.74) is 9.05. The molecule has 0 fully saturated rings. The van der Waals surface area contributed by atoms with Crippen molar-refractivity contribution in [2.24, 2.45) is 5.73 Å². The number of hydrogen-bond acceptors (Lipinski definition) is 4. The second-order valence-corrected chi connectivity index (χ2v) is 5.34. The number of benzene rings is 1. The minimum absolute atomic E-state index is 0.00295. The minimum atomic E-state index is -0.529.